The van der Waals surface area contributed by atoms with Gasteiger partial charge in [-0.25, -0.2) is 17.9 Å². The van der Waals surface area contributed by atoms with E-state index in [-0.39, 0.29) is 61.8 Å². The Morgan fingerprint density at radius 2 is 1.69 bits per heavy atom. The number of aliphatic hydroxyl groups is 1. The number of ether oxygens (including phenoxy) is 1. The Labute approximate surface area is 355 Å². The van der Waals surface area contributed by atoms with E-state index in [1.165, 1.54) is 40.0 Å². The van der Waals surface area contributed by atoms with Crippen LogP contribution in [0.3, 0.4) is 0 Å². The molecule has 0 spiro atoms. The number of sulfone groups is 1. The molecule has 1 saturated carbocycles. The number of nitrogens with two attached hydrogens (primary N) is 1. The molecule has 1 saturated heterocycles. The van der Waals surface area contributed by atoms with Crippen molar-refractivity contribution in [1.29, 1.82) is 0 Å². The summed E-state index contributed by atoms with van der Waals surface area (Å²) < 4.78 is 31.3. The van der Waals surface area contributed by atoms with E-state index in [1.54, 1.807) is 13.8 Å². The van der Waals surface area contributed by atoms with Gasteiger partial charge in [0.1, 0.15) is 24.3 Å². The molecule has 5 rings (SSSR count). The lowest BCUT2D eigenvalue weighted by molar-refractivity contribution is -0.142. The first-order chi connectivity index (χ1) is 28.9. The highest BCUT2D eigenvalue weighted by Crippen LogP contribution is 2.33. The largest absolute Gasteiger partial charge is 0.445 e. The van der Waals surface area contributed by atoms with E-state index in [0.717, 1.165) is 43.9 Å². The molecule has 3 aromatic rings. The van der Waals surface area contributed by atoms with Gasteiger partial charge in [0, 0.05) is 31.3 Å². The van der Waals surface area contributed by atoms with E-state index in [2.05, 4.69) is 26.3 Å². The number of nitrogens with zero attached hydrogens (tertiary/aromatic N) is 4. The van der Waals surface area contributed by atoms with Gasteiger partial charge in [-0.15, -0.1) is 5.10 Å². The standard InChI is InChI=1S/C42H56N8O10S/c1-42(2,57)35-24-45-48-50(35)30-23-34(39(54)46-32(36(51)37(43)52)19-10-11-20-44-41(56)60-26-28-15-8-5-9-16-28)49(25-30)40(55)33(21-27-13-6-4-7-14-27)47-38(53)29-17-12-18-31(22-29)61(3,58)59/h5,8-9,12,15-18,22,24,27,30,32-34,57H,4,6-7,10-11,13-14,19-21,23,25-26H2,1-3H3,(H2,43,52)(H,44,56)(H,46,54)(H,47,53)/t30-,32?,33+,34-/m0/s1. The predicted octanol–water partition coefficient (Wildman–Crippen LogP) is 2.46. The van der Waals surface area contributed by atoms with Gasteiger partial charge in [0.05, 0.1) is 28.9 Å². The number of likely N-dealkylation sites (tertiary alicyclic amines) is 1. The van der Waals surface area contributed by atoms with E-state index >= 15 is 0 Å². The number of unbranched alkanes of at least 4 members (excludes halogenated alkanes) is 1. The molecule has 330 valence electrons. The Balaban J connectivity index is 1.35. The molecule has 1 unspecified atom stereocenters. The quantitative estimate of drug-likeness (QED) is 0.0860. The van der Waals surface area contributed by atoms with E-state index in [9.17, 15) is 42.3 Å². The fourth-order valence-electron chi connectivity index (χ4n) is 7.87. The van der Waals surface area contributed by atoms with Crippen molar-refractivity contribution in [3.8, 4) is 0 Å². The molecule has 2 heterocycles. The molecule has 18 nitrogen and oxygen atoms in total. The van der Waals surface area contributed by atoms with Crippen LogP contribution in [-0.2, 0) is 46.0 Å². The van der Waals surface area contributed by atoms with Gasteiger partial charge in [-0.3, -0.25) is 24.0 Å². The number of ketones is 1. The molecule has 1 aromatic heterocycles. The van der Waals surface area contributed by atoms with Crippen LogP contribution in [0.4, 0.5) is 4.79 Å². The molecule has 0 radical (unpaired) electrons. The number of hydrogen-bond acceptors (Lipinski definition) is 12. The summed E-state index contributed by atoms with van der Waals surface area (Å²) >= 11 is 0. The SMILES string of the molecule is CC(C)(O)c1cnnn1[C@H]1C[C@@H](C(=O)NC(CCCCNC(=O)OCc2ccccc2)C(=O)C(N)=O)N(C(=O)[C@@H](CC2CCCCC2)NC(=O)c2cccc(S(C)(=O)=O)c2)C1. The third kappa shape index (κ3) is 12.9. The van der Waals surface area contributed by atoms with Gasteiger partial charge in [-0.2, -0.15) is 0 Å². The predicted molar refractivity (Wildman–Crippen MR) is 221 cm³/mol. The first-order valence-electron chi connectivity index (χ1n) is 20.6. The van der Waals surface area contributed by atoms with Crippen molar-refractivity contribution in [2.24, 2.45) is 11.7 Å². The number of benzene rings is 2. The normalized spacial score (nSPS) is 18.1. The number of carbonyl (C=O) groups excluding carboxylic acids is 6. The van der Waals surface area contributed by atoms with E-state index in [1.807, 2.05) is 30.3 Å². The van der Waals surface area contributed by atoms with Crippen LogP contribution in [0.15, 0.2) is 65.7 Å². The number of amides is 5. The number of aromatic nitrogens is 3. The number of primary amides is 1. The summed E-state index contributed by atoms with van der Waals surface area (Å²) in [5, 5.41) is 27.2. The second kappa shape index (κ2) is 20.7. The molecular formula is C42H56N8O10S. The van der Waals surface area contributed by atoms with Crippen molar-refractivity contribution in [2.75, 3.05) is 19.3 Å². The maximum atomic E-state index is 14.8. The van der Waals surface area contributed by atoms with Crippen LogP contribution in [0.2, 0.25) is 0 Å². The Morgan fingerprint density at radius 3 is 2.36 bits per heavy atom. The van der Waals surface area contributed by atoms with Gasteiger partial charge >= 0.3 is 6.09 Å². The average Bonchev–Trinajstić information content (AvgIpc) is 3.91. The minimum atomic E-state index is -3.65. The highest BCUT2D eigenvalue weighted by Gasteiger charge is 2.45. The van der Waals surface area contributed by atoms with Crippen LogP contribution in [0.5, 0.6) is 0 Å². The lowest BCUT2D eigenvalue weighted by Gasteiger charge is -2.32. The minimum absolute atomic E-state index is 0.0167. The molecule has 2 aromatic carbocycles. The lowest BCUT2D eigenvalue weighted by atomic mass is 9.84. The number of carbonyl (C=O) groups is 6. The van der Waals surface area contributed by atoms with Crippen molar-refractivity contribution in [3.05, 3.63) is 77.6 Å². The topological polar surface area (TPSA) is 262 Å². The summed E-state index contributed by atoms with van der Waals surface area (Å²) in [4.78, 5) is 81.6. The molecule has 2 fully saturated rings. The summed E-state index contributed by atoms with van der Waals surface area (Å²) in [6.07, 6.45) is 7.20. The number of rotatable bonds is 19. The zero-order valence-electron chi connectivity index (χ0n) is 34.7. The molecule has 19 heteroatoms. The van der Waals surface area contributed by atoms with Crippen LogP contribution in [-0.4, -0.2) is 106 Å². The zero-order valence-corrected chi connectivity index (χ0v) is 35.6. The first kappa shape index (κ1) is 46.4. The van der Waals surface area contributed by atoms with Crippen LogP contribution in [0.25, 0.3) is 0 Å². The van der Waals surface area contributed by atoms with E-state index in [4.69, 9.17) is 10.5 Å². The maximum Gasteiger partial charge on any atom is 0.407 e. The van der Waals surface area contributed by atoms with Crippen molar-refractivity contribution in [3.63, 3.8) is 0 Å². The third-order valence-corrected chi connectivity index (χ3v) is 12.2. The minimum Gasteiger partial charge on any atom is -0.445 e. The van der Waals surface area contributed by atoms with E-state index < -0.39 is 75.1 Å². The van der Waals surface area contributed by atoms with Gasteiger partial charge in [0.15, 0.2) is 9.84 Å². The second-order valence-electron chi connectivity index (χ2n) is 16.4. The summed E-state index contributed by atoms with van der Waals surface area (Å²) in [5.41, 5.74) is 5.17. The van der Waals surface area contributed by atoms with Gasteiger partial charge < -0.3 is 36.4 Å². The Kier molecular flexibility index (Phi) is 15.8. The van der Waals surface area contributed by atoms with Crippen LogP contribution in [0, 0.1) is 5.92 Å². The number of nitrogens with one attached hydrogen (secondary N) is 3. The smallest absolute Gasteiger partial charge is 0.407 e. The van der Waals surface area contributed by atoms with Crippen LogP contribution < -0.4 is 21.7 Å². The van der Waals surface area contributed by atoms with Gasteiger partial charge in [0.25, 0.3) is 11.8 Å². The molecule has 1 aliphatic heterocycles. The first-order valence-corrected chi connectivity index (χ1v) is 22.4. The fourth-order valence-corrected chi connectivity index (χ4v) is 8.54. The molecule has 4 atom stereocenters. The highest BCUT2D eigenvalue weighted by molar-refractivity contribution is 7.90. The molecular weight excluding hydrogens is 809 g/mol. The summed E-state index contributed by atoms with van der Waals surface area (Å²) in [6.45, 7) is 3.26. The molecule has 1 aliphatic carbocycles. The summed E-state index contributed by atoms with van der Waals surface area (Å²) in [6, 6.07) is 10.2. The number of Topliss-reactive ketones (excluding diaryl/α,β-unsaturated/α-hetero) is 1. The van der Waals surface area contributed by atoms with Gasteiger partial charge in [-0.05, 0) is 69.2 Å². The molecule has 61 heavy (non-hydrogen) atoms. The van der Waals surface area contributed by atoms with E-state index in [0.29, 0.717) is 12.1 Å². The molecule has 6 N–H and O–H groups in total. The van der Waals surface area contributed by atoms with Crippen LogP contribution in [0.1, 0.15) is 106 Å². The number of hydrogen-bond donors (Lipinski definition) is 5. The Hall–Kier alpha value is -5.69. The van der Waals surface area contributed by atoms with Crippen molar-refractivity contribution >= 4 is 45.3 Å². The zero-order chi connectivity index (χ0) is 44.3. The lowest BCUT2D eigenvalue weighted by Crippen LogP contribution is -2.56. The highest BCUT2D eigenvalue weighted by atomic mass is 32.2. The van der Waals surface area contributed by atoms with Gasteiger partial charge in [-0.1, -0.05) is 73.7 Å². The maximum absolute atomic E-state index is 14.8. The van der Waals surface area contributed by atoms with Crippen molar-refractivity contribution in [1.82, 2.24) is 35.8 Å². The van der Waals surface area contributed by atoms with Gasteiger partial charge in [0.2, 0.25) is 17.6 Å². The average molecular weight is 865 g/mol. The van der Waals surface area contributed by atoms with Crippen molar-refractivity contribution < 1.29 is 47.0 Å². The summed E-state index contributed by atoms with van der Waals surface area (Å²) in [7, 11) is -3.65. The summed E-state index contributed by atoms with van der Waals surface area (Å²) in [5.74, 6) is -4.26. The Morgan fingerprint density at radius 1 is 0.967 bits per heavy atom. The molecule has 5 amide bonds. The van der Waals surface area contributed by atoms with Crippen molar-refractivity contribution in [2.45, 2.75) is 119 Å². The molecule has 2 aliphatic rings. The monoisotopic (exact) mass is 864 g/mol. The number of alkyl carbamates (subject to hydrolysis) is 1. The fraction of sp³-hybridized carbons (Fsp3) is 0.524. The molecule has 0 bridgehead atoms. The Bertz CT molecular complexity index is 2150. The second-order valence-corrected chi connectivity index (χ2v) is 18.4. The third-order valence-electron chi connectivity index (χ3n) is 11.1. The van der Waals surface area contributed by atoms with Crippen LogP contribution >= 0.6 is 0 Å².